The molecule has 6 heteroatoms. The summed E-state index contributed by atoms with van der Waals surface area (Å²) in [7, 11) is 0. The molecule has 0 radical (unpaired) electrons. The summed E-state index contributed by atoms with van der Waals surface area (Å²) in [6.07, 6.45) is 3.87. The standard InChI is InChI=1S/C19H35N3O3/c1-13(2)16(20)17(23)22(15-8-9-15)12-14-7-6-10-21(11-14)18(24)25-19(3,4)5/h13-16H,6-12,20H2,1-5H3/t14-,16+/m1/s1. The van der Waals surface area contributed by atoms with Crippen molar-refractivity contribution in [2.45, 2.75) is 78.0 Å². The minimum atomic E-state index is -0.482. The molecule has 25 heavy (non-hydrogen) atoms. The Labute approximate surface area is 152 Å². The van der Waals surface area contributed by atoms with Gasteiger partial charge >= 0.3 is 6.09 Å². The van der Waals surface area contributed by atoms with Gasteiger partial charge in [0.05, 0.1) is 6.04 Å². The van der Waals surface area contributed by atoms with Crippen molar-refractivity contribution in [2.75, 3.05) is 19.6 Å². The number of rotatable bonds is 5. The number of nitrogens with two attached hydrogens (primary N) is 1. The number of nitrogens with zero attached hydrogens (tertiary/aromatic N) is 2. The second kappa shape index (κ2) is 7.94. The highest BCUT2D eigenvalue weighted by molar-refractivity contribution is 5.82. The molecule has 2 amide bonds. The molecule has 0 bridgehead atoms. The van der Waals surface area contributed by atoms with Gasteiger partial charge in [-0.2, -0.15) is 0 Å². The van der Waals surface area contributed by atoms with Crippen molar-refractivity contribution in [3.63, 3.8) is 0 Å². The summed E-state index contributed by atoms with van der Waals surface area (Å²) < 4.78 is 5.49. The summed E-state index contributed by atoms with van der Waals surface area (Å²) in [5.74, 6) is 0.496. The van der Waals surface area contributed by atoms with Gasteiger partial charge in [-0.1, -0.05) is 13.8 Å². The summed E-state index contributed by atoms with van der Waals surface area (Å²) in [4.78, 5) is 28.8. The number of hydrogen-bond acceptors (Lipinski definition) is 4. The Balaban J connectivity index is 1.95. The molecule has 2 rings (SSSR count). The zero-order chi connectivity index (χ0) is 18.8. The third kappa shape index (κ3) is 5.87. The van der Waals surface area contributed by atoms with Crippen molar-refractivity contribution in [3.8, 4) is 0 Å². The van der Waals surface area contributed by atoms with E-state index in [-0.39, 0.29) is 17.9 Å². The average molecular weight is 354 g/mol. The van der Waals surface area contributed by atoms with Gasteiger partial charge in [-0.3, -0.25) is 4.79 Å². The van der Waals surface area contributed by atoms with Crippen LogP contribution in [0, 0.1) is 11.8 Å². The zero-order valence-electron chi connectivity index (χ0n) is 16.5. The first kappa shape index (κ1) is 20.0. The molecule has 0 aromatic carbocycles. The van der Waals surface area contributed by atoms with Gasteiger partial charge < -0.3 is 20.3 Å². The Morgan fingerprint density at radius 3 is 2.40 bits per heavy atom. The Morgan fingerprint density at radius 1 is 1.24 bits per heavy atom. The van der Waals surface area contributed by atoms with Crippen molar-refractivity contribution in [1.82, 2.24) is 9.80 Å². The highest BCUT2D eigenvalue weighted by atomic mass is 16.6. The van der Waals surface area contributed by atoms with Gasteiger partial charge in [-0.15, -0.1) is 0 Å². The molecular weight excluding hydrogens is 318 g/mol. The van der Waals surface area contributed by atoms with Crippen molar-refractivity contribution in [3.05, 3.63) is 0 Å². The van der Waals surface area contributed by atoms with Gasteiger partial charge in [-0.25, -0.2) is 4.79 Å². The number of amides is 2. The number of carbonyl (C=O) groups excluding carboxylic acids is 2. The molecule has 6 nitrogen and oxygen atoms in total. The number of likely N-dealkylation sites (tertiary alicyclic amines) is 1. The molecule has 2 aliphatic rings. The van der Waals surface area contributed by atoms with Crippen LogP contribution in [0.4, 0.5) is 4.79 Å². The van der Waals surface area contributed by atoms with Crippen LogP contribution in [0.2, 0.25) is 0 Å². The van der Waals surface area contributed by atoms with E-state index < -0.39 is 11.6 Å². The van der Waals surface area contributed by atoms with Gasteiger partial charge in [0.15, 0.2) is 0 Å². The number of ether oxygens (including phenoxy) is 1. The van der Waals surface area contributed by atoms with Gasteiger partial charge in [0.25, 0.3) is 0 Å². The maximum atomic E-state index is 12.7. The second-order valence-corrected chi connectivity index (χ2v) is 8.93. The van der Waals surface area contributed by atoms with Crippen molar-refractivity contribution < 1.29 is 14.3 Å². The molecular formula is C19H35N3O3. The largest absolute Gasteiger partial charge is 0.444 e. The fourth-order valence-electron chi connectivity index (χ4n) is 3.27. The van der Waals surface area contributed by atoms with E-state index in [1.165, 1.54) is 0 Å². The summed E-state index contributed by atoms with van der Waals surface area (Å²) >= 11 is 0. The maximum Gasteiger partial charge on any atom is 0.410 e. The SMILES string of the molecule is CC(C)[C@H](N)C(=O)N(C[C@@H]1CCCN(C(=O)OC(C)(C)C)C1)C1CC1. The summed E-state index contributed by atoms with van der Waals surface area (Å²) in [5, 5.41) is 0. The molecule has 0 aromatic heterocycles. The van der Waals surface area contributed by atoms with Gasteiger partial charge in [0, 0.05) is 25.7 Å². The van der Waals surface area contributed by atoms with Crippen molar-refractivity contribution >= 4 is 12.0 Å². The lowest BCUT2D eigenvalue weighted by atomic mass is 9.96. The molecule has 1 saturated carbocycles. The van der Waals surface area contributed by atoms with Crippen molar-refractivity contribution in [2.24, 2.45) is 17.6 Å². The first-order chi connectivity index (χ1) is 11.6. The van der Waals surface area contributed by atoms with Crippen LogP contribution in [-0.2, 0) is 9.53 Å². The molecule has 1 aliphatic carbocycles. The molecule has 1 aliphatic heterocycles. The van der Waals surface area contributed by atoms with Gasteiger partial charge in [0.1, 0.15) is 5.60 Å². The van der Waals surface area contributed by atoms with E-state index in [9.17, 15) is 9.59 Å². The van der Waals surface area contributed by atoms with Crippen LogP contribution >= 0.6 is 0 Å². The number of piperidine rings is 1. The van der Waals surface area contributed by atoms with Crippen LogP contribution in [0.15, 0.2) is 0 Å². The van der Waals surface area contributed by atoms with E-state index >= 15 is 0 Å². The topological polar surface area (TPSA) is 75.9 Å². The third-order valence-electron chi connectivity index (χ3n) is 4.90. The lowest BCUT2D eigenvalue weighted by molar-refractivity contribution is -0.135. The molecule has 1 heterocycles. The molecule has 1 saturated heterocycles. The Bertz CT molecular complexity index is 483. The molecule has 2 atom stereocenters. The Kier molecular flexibility index (Phi) is 6.35. The molecule has 2 N–H and O–H groups in total. The molecule has 0 aromatic rings. The summed E-state index contributed by atoms with van der Waals surface area (Å²) in [6, 6.07) is -0.0969. The predicted molar refractivity (Wildman–Crippen MR) is 98.1 cm³/mol. The van der Waals surface area contributed by atoms with Crippen LogP contribution in [0.25, 0.3) is 0 Å². The average Bonchev–Trinajstić information content (AvgIpc) is 3.34. The monoisotopic (exact) mass is 353 g/mol. The van der Waals surface area contributed by atoms with E-state index in [1.54, 1.807) is 4.90 Å². The summed E-state index contributed by atoms with van der Waals surface area (Å²) in [6.45, 7) is 11.7. The molecule has 0 unspecified atom stereocenters. The van der Waals surface area contributed by atoms with Crippen molar-refractivity contribution in [1.29, 1.82) is 0 Å². The lowest BCUT2D eigenvalue weighted by Gasteiger charge is -2.37. The Hall–Kier alpha value is -1.30. The number of carbonyl (C=O) groups is 2. The fourth-order valence-corrected chi connectivity index (χ4v) is 3.27. The second-order valence-electron chi connectivity index (χ2n) is 8.93. The lowest BCUT2D eigenvalue weighted by Crippen LogP contribution is -2.51. The molecule has 2 fully saturated rings. The van der Waals surface area contributed by atoms with E-state index in [1.807, 2.05) is 39.5 Å². The third-order valence-corrected chi connectivity index (χ3v) is 4.90. The van der Waals surface area contributed by atoms with Crippen LogP contribution < -0.4 is 5.73 Å². The molecule has 144 valence electrons. The fraction of sp³-hybridized carbons (Fsp3) is 0.895. The Morgan fingerprint density at radius 2 is 1.88 bits per heavy atom. The highest BCUT2D eigenvalue weighted by Crippen LogP contribution is 2.30. The highest BCUT2D eigenvalue weighted by Gasteiger charge is 2.38. The van der Waals surface area contributed by atoms with E-state index in [0.29, 0.717) is 25.0 Å². The normalized spacial score (nSPS) is 22.7. The van der Waals surface area contributed by atoms with Gasteiger partial charge in [0.2, 0.25) is 5.91 Å². The smallest absolute Gasteiger partial charge is 0.410 e. The predicted octanol–water partition coefficient (Wildman–Crippen LogP) is 2.61. The van der Waals surface area contributed by atoms with Gasteiger partial charge in [-0.05, 0) is 58.3 Å². The van der Waals surface area contributed by atoms with E-state index in [4.69, 9.17) is 10.5 Å². The van der Waals surface area contributed by atoms with E-state index in [0.717, 1.165) is 32.2 Å². The van der Waals surface area contributed by atoms with Crippen LogP contribution in [0.5, 0.6) is 0 Å². The van der Waals surface area contributed by atoms with Crippen LogP contribution in [0.3, 0.4) is 0 Å². The first-order valence-electron chi connectivity index (χ1n) is 9.62. The minimum absolute atomic E-state index is 0.0619. The maximum absolute atomic E-state index is 12.7. The minimum Gasteiger partial charge on any atom is -0.444 e. The van der Waals surface area contributed by atoms with E-state index in [2.05, 4.69) is 0 Å². The quantitative estimate of drug-likeness (QED) is 0.824. The van der Waals surface area contributed by atoms with Crippen LogP contribution in [-0.4, -0.2) is 59.1 Å². The zero-order valence-corrected chi connectivity index (χ0v) is 16.5. The first-order valence-corrected chi connectivity index (χ1v) is 9.62. The van der Waals surface area contributed by atoms with Crippen LogP contribution in [0.1, 0.15) is 60.3 Å². The summed E-state index contributed by atoms with van der Waals surface area (Å²) in [5.41, 5.74) is 5.62. The molecule has 0 spiro atoms. The number of hydrogen-bond donors (Lipinski definition) is 1.